The second-order valence-electron chi connectivity index (χ2n) is 21.8. The summed E-state index contributed by atoms with van der Waals surface area (Å²) in [6.07, 6.45) is 55.5. The van der Waals surface area contributed by atoms with Gasteiger partial charge in [-0.3, -0.25) is 4.79 Å². The van der Waals surface area contributed by atoms with E-state index < -0.39 is 86.8 Å². The quantitative estimate of drug-likeness (QED) is 0.0204. The fraction of sp³-hybridized carbons (Fsp3) is 0.716. The van der Waals surface area contributed by atoms with Gasteiger partial charge < -0.3 is 65.1 Å². The molecule has 0 aromatic carbocycles. The van der Waals surface area contributed by atoms with E-state index in [2.05, 4.69) is 116 Å². The van der Waals surface area contributed by atoms with E-state index in [4.69, 9.17) is 18.9 Å². The molecule has 1 amide bonds. The zero-order valence-electron chi connectivity index (χ0n) is 50.0. The highest BCUT2D eigenvalue weighted by atomic mass is 16.7. The third-order valence-corrected chi connectivity index (χ3v) is 14.7. The fourth-order valence-corrected chi connectivity index (χ4v) is 9.64. The molecule has 12 atom stereocenters. The van der Waals surface area contributed by atoms with Crippen molar-refractivity contribution in [3.63, 3.8) is 0 Å². The standard InChI is InChI=1S/C67H113NO13/c1-3-5-7-9-11-13-15-17-19-21-23-25-27-28-29-31-33-35-37-39-41-43-45-47-49-51-59(72)68-55(54-78-66-64(77)62(75)65(58(53-70)80-66)81-67-63(76)61(74)60(73)57(52-69)79-67)56(71)50-48-46-44-42-40-38-36-34-32-30-26-24-22-20-18-16-14-12-10-8-6-4-2/h5,7,11,13,17,19,23,25,28-29,33,35,39-42,48,50,55-58,60-67,69-71,73-77H,3-4,6,8-10,12,14-16,18,20-22,24,26-27,30-32,34,36-38,43-47,49,51-54H2,1-2H3,(H,68,72)/b7-5-,13-11-,19-17-,25-23-,29-28-,35-33-,41-39-,42-40+,50-48+. The zero-order valence-corrected chi connectivity index (χ0v) is 50.0. The lowest BCUT2D eigenvalue weighted by molar-refractivity contribution is -0.359. The molecule has 14 heteroatoms. The van der Waals surface area contributed by atoms with Gasteiger partial charge in [-0.15, -0.1) is 0 Å². The first kappa shape index (κ1) is 73.8. The summed E-state index contributed by atoms with van der Waals surface area (Å²) in [5.74, 6) is -0.285. The second-order valence-corrected chi connectivity index (χ2v) is 21.8. The van der Waals surface area contributed by atoms with Crippen LogP contribution in [0.1, 0.15) is 213 Å². The lowest BCUT2D eigenvalue weighted by atomic mass is 9.97. The van der Waals surface area contributed by atoms with Crippen molar-refractivity contribution in [1.82, 2.24) is 5.32 Å². The van der Waals surface area contributed by atoms with Gasteiger partial charge in [-0.2, -0.15) is 0 Å². The predicted molar refractivity (Wildman–Crippen MR) is 327 cm³/mol. The van der Waals surface area contributed by atoms with Crippen LogP contribution in [0.3, 0.4) is 0 Å². The number of amides is 1. The predicted octanol–water partition coefficient (Wildman–Crippen LogP) is 11.6. The summed E-state index contributed by atoms with van der Waals surface area (Å²) in [4.78, 5) is 13.3. The van der Waals surface area contributed by atoms with Gasteiger partial charge >= 0.3 is 0 Å². The van der Waals surface area contributed by atoms with Crippen LogP contribution >= 0.6 is 0 Å². The largest absolute Gasteiger partial charge is 0.394 e. The molecular weight excluding hydrogens is 1030 g/mol. The number of allylic oxidation sites excluding steroid dienone is 17. The number of rotatable bonds is 49. The summed E-state index contributed by atoms with van der Waals surface area (Å²) in [5, 5.41) is 87.2. The molecule has 9 N–H and O–H groups in total. The normalized spacial score (nSPS) is 24.9. The van der Waals surface area contributed by atoms with Crippen LogP contribution in [0.25, 0.3) is 0 Å². The van der Waals surface area contributed by atoms with E-state index in [0.717, 1.165) is 77.0 Å². The number of hydrogen-bond donors (Lipinski definition) is 9. The highest BCUT2D eigenvalue weighted by Crippen LogP contribution is 2.30. The van der Waals surface area contributed by atoms with E-state index in [0.29, 0.717) is 12.8 Å². The van der Waals surface area contributed by atoms with Crippen LogP contribution in [-0.2, 0) is 23.7 Å². The van der Waals surface area contributed by atoms with Crippen molar-refractivity contribution in [1.29, 1.82) is 0 Å². The molecule has 0 saturated carbocycles. The number of aliphatic hydroxyl groups is 8. The molecule has 2 saturated heterocycles. The fourth-order valence-electron chi connectivity index (χ4n) is 9.64. The van der Waals surface area contributed by atoms with Gasteiger partial charge in [0.25, 0.3) is 0 Å². The van der Waals surface area contributed by atoms with Crippen LogP contribution in [0.2, 0.25) is 0 Å². The Morgan fingerprint density at radius 2 is 0.864 bits per heavy atom. The summed E-state index contributed by atoms with van der Waals surface area (Å²) in [5.41, 5.74) is 0. The molecule has 464 valence electrons. The molecule has 81 heavy (non-hydrogen) atoms. The third-order valence-electron chi connectivity index (χ3n) is 14.7. The number of carbonyl (C=O) groups excluding carboxylic acids is 1. The smallest absolute Gasteiger partial charge is 0.220 e. The Balaban J connectivity index is 1.79. The van der Waals surface area contributed by atoms with Crippen LogP contribution in [0, 0.1) is 0 Å². The zero-order chi connectivity index (χ0) is 58.8. The number of ether oxygens (including phenoxy) is 4. The van der Waals surface area contributed by atoms with Crippen LogP contribution < -0.4 is 5.32 Å². The lowest BCUT2D eigenvalue weighted by Gasteiger charge is -2.46. The van der Waals surface area contributed by atoms with Crippen LogP contribution in [0.4, 0.5) is 0 Å². The van der Waals surface area contributed by atoms with Gasteiger partial charge in [-0.25, -0.2) is 0 Å². The lowest BCUT2D eigenvalue weighted by Crippen LogP contribution is -2.65. The minimum Gasteiger partial charge on any atom is -0.394 e. The third kappa shape index (κ3) is 36.2. The Labute approximate surface area is 489 Å². The number of unbranched alkanes of at least 4 members (excludes halogenated alkanes) is 20. The summed E-state index contributed by atoms with van der Waals surface area (Å²) in [6.45, 7) is 2.64. The average molecular weight is 1140 g/mol. The summed E-state index contributed by atoms with van der Waals surface area (Å²) in [7, 11) is 0. The Morgan fingerprint density at radius 3 is 1.36 bits per heavy atom. The van der Waals surface area contributed by atoms with E-state index in [-0.39, 0.29) is 18.9 Å². The number of hydrogen-bond acceptors (Lipinski definition) is 13. The van der Waals surface area contributed by atoms with Crippen molar-refractivity contribution in [2.75, 3.05) is 19.8 Å². The first-order valence-corrected chi connectivity index (χ1v) is 31.6. The molecule has 0 aromatic heterocycles. The van der Waals surface area contributed by atoms with Crippen molar-refractivity contribution < 1.29 is 64.6 Å². The van der Waals surface area contributed by atoms with E-state index in [1.807, 2.05) is 6.08 Å². The van der Waals surface area contributed by atoms with E-state index in [9.17, 15) is 45.6 Å². The molecule has 0 aromatic rings. The maximum atomic E-state index is 13.3. The topological polar surface area (TPSA) is 228 Å². The monoisotopic (exact) mass is 1140 g/mol. The summed E-state index contributed by atoms with van der Waals surface area (Å²) >= 11 is 0. The molecule has 0 aliphatic carbocycles. The summed E-state index contributed by atoms with van der Waals surface area (Å²) < 4.78 is 22.8. The SMILES string of the molecule is CC/C=C\C/C=C\C/C=C\C/C=C\C/C=C\C/C=C\C/C=C\CCCCCC(=O)NC(COC1OC(CO)C(OC2OC(CO)C(O)C(O)C2O)C(O)C1O)C(O)/C=C/CC/C=C/CCCCCCCCCCCCCCCCCC. The van der Waals surface area contributed by atoms with Gasteiger partial charge in [0.2, 0.25) is 5.91 Å². The Kier molecular flexibility index (Phi) is 46.5. The maximum Gasteiger partial charge on any atom is 0.220 e. The van der Waals surface area contributed by atoms with Crippen LogP contribution in [0.15, 0.2) is 109 Å². The molecule has 2 aliphatic heterocycles. The molecule has 0 bridgehead atoms. The molecule has 0 radical (unpaired) electrons. The minimum atomic E-state index is -1.80. The van der Waals surface area contributed by atoms with Gasteiger partial charge in [-0.1, -0.05) is 226 Å². The first-order chi connectivity index (χ1) is 39.6. The molecule has 2 aliphatic rings. The summed E-state index contributed by atoms with van der Waals surface area (Å²) in [6, 6.07) is -0.959. The number of aliphatic hydroxyl groups excluding tert-OH is 8. The van der Waals surface area contributed by atoms with Gasteiger partial charge in [-0.05, 0) is 89.9 Å². The van der Waals surface area contributed by atoms with E-state index >= 15 is 0 Å². The van der Waals surface area contributed by atoms with Gasteiger partial charge in [0.15, 0.2) is 12.6 Å². The second kappa shape index (κ2) is 51.1. The molecule has 12 unspecified atom stereocenters. The van der Waals surface area contributed by atoms with Crippen LogP contribution in [0.5, 0.6) is 0 Å². The average Bonchev–Trinajstić information content (AvgIpc) is 3.47. The van der Waals surface area contributed by atoms with Gasteiger partial charge in [0.1, 0.15) is 48.8 Å². The molecule has 2 heterocycles. The van der Waals surface area contributed by atoms with Crippen LogP contribution in [-0.4, -0.2) is 140 Å². The Bertz CT molecular complexity index is 1770. The molecular formula is C67H113NO13. The number of nitrogens with one attached hydrogen (secondary N) is 1. The van der Waals surface area contributed by atoms with Gasteiger partial charge in [0.05, 0.1) is 32.0 Å². The van der Waals surface area contributed by atoms with Gasteiger partial charge in [0, 0.05) is 6.42 Å². The Morgan fingerprint density at radius 1 is 0.457 bits per heavy atom. The van der Waals surface area contributed by atoms with Crippen molar-refractivity contribution >= 4 is 5.91 Å². The number of carbonyl (C=O) groups is 1. The highest BCUT2D eigenvalue weighted by Gasteiger charge is 2.51. The molecule has 14 nitrogen and oxygen atoms in total. The highest BCUT2D eigenvalue weighted by molar-refractivity contribution is 5.76. The maximum absolute atomic E-state index is 13.3. The van der Waals surface area contributed by atoms with Crippen molar-refractivity contribution in [3.05, 3.63) is 109 Å². The van der Waals surface area contributed by atoms with Crippen molar-refractivity contribution in [2.24, 2.45) is 0 Å². The molecule has 2 fully saturated rings. The van der Waals surface area contributed by atoms with Crippen molar-refractivity contribution in [2.45, 2.75) is 286 Å². The van der Waals surface area contributed by atoms with Crippen molar-refractivity contribution in [3.8, 4) is 0 Å². The molecule has 0 spiro atoms. The van der Waals surface area contributed by atoms with E-state index in [1.165, 1.54) is 103 Å². The minimum absolute atomic E-state index is 0.226. The van der Waals surface area contributed by atoms with E-state index in [1.54, 1.807) is 6.08 Å². The first-order valence-electron chi connectivity index (χ1n) is 31.6. The molecule has 2 rings (SSSR count). The Hall–Kier alpha value is -3.35.